The van der Waals surface area contributed by atoms with Gasteiger partial charge < -0.3 is 9.47 Å². The molecular weight excluding hydrogens is 220 g/mol. The van der Waals surface area contributed by atoms with Crippen molar-refractivity contribution in [1.29, 1.82) is 0 Å². The molecule has 0 amide bonds. The van der Waals surface area contributed by atoms with Crippen LogP contribution in [0.5, 0.6) is 0 Å². The molecule has 0 unspecified atom stereocenters. The van der Waals surface area contributed by atoms with Crippen LogP contribution < -0.4 is 0 Å². The average Bonchev–Trinajstić information content (AvgIpc) is 2.85. The van der Waals surface area contributed by atoms with Crippen molar-refractivity contribution in [2.75, 3.05) is 14.2 Å². The van der Waals surface area contributed by atoms with Gasteiger partial charge in [0.2, 0.25) is 0 Å². The van der Waals surface area contributed by atoms with Gasteiger partial charge in [-0.1, -0.05) is 13.3 Å². The van der Waals surface area contributed by atoms with E-state index in [2.05, 4.69) is 9.47 Å². The molecule has 0 spiro atoms. The summed E-state index contributed by atoms with van der Waals surface area (Å²) in [5, 5.41) is 0. The Hall–Kier alpha value is -0.770. The summed E-state index contributed by atoms with van der Waals surface area (Å²) in [7, 11) is 2.56. The predicted molar refractivity (Wildman–Crippen MR) is 54.6 cm³/mol. The second-order valence-electron chi connectivity index (χ2n) is 3.79. The van der Waals surface area contributed by atoms with E-state index in [1.807, 2.05) is 6.92 Å². The second kappa shape index (κ2) is 4.00. The first-order valence-corrected chi connectivity index (χ1v) is 5.22. The van der Waals surface area contributed by atoms with Gasteiger partial charge >= 0.3 is 11.9 Å². The fraction of sp³-hybridized carbons (Fsp3) is 0.800. The van der Waals surface area contributed by atoms with E-state index in [4.69, 9.17) is 11.6 Å². The number of halogens is 1. The van der Waals surface area contributed by atoms with Crippen LogP contribution in [0.3, 0.4) is 0 Å². The first-order valence-electron chi connectivity index (χ1n) is 4.84. The molecular formula is C10H15ClO4. The van der Waals surface area contributed by atoms with E-state index in [-0.39, 0.29) is 0 Å². The molecule has 86 valence electrons. The number of hydrogen-bond acceptors (Lipinski definition) is 4. The minimum absolute atomic E-state index is 0.300. The van der Waals surface area contributed by atoms with Gasteiger partial charge in [0.05, 0.1) is 14.2 Å². The van der Waals surface area contributed by atoms with Crippen LogP contribution in [0.1, 0.15) is 26.2 Å². The number of carbonyl (C=O) groups is 2. The zero-order valence-electron chi connectivity index (χ0n) is 9.13. The number of ether oxygens (including phenoxy) is 2. The molecule has 1 fully saturated rings. The van der Waals surface area contributed by atoms with Gasteiger partial charge in [-0.05, 0) is 12.8 Å². The molecule has 0 aromatic heterocycles. The fourth-order valence-electron chi connectivity index (χ4n) is 2.05. The SMILES string of the molecule is CCC[C@]1(C(=O)OC)C[C@@]1(Cl)C(=O)OC. The van der Waals surface area contributed by atoms with E-state index >= 15 is 0 Å². The van der Waals surface area contributed by atoms with Crippen molar-refractivity contribution < 1.29 is 19.1 Å². The number of methoxy groups -OCH3 is 2. The molecule has 0 bridgehead atoms. The van der Waals surface area contributed by atoms with Gasteiger partial charge in [0.15, 0.2) is 4.87 Å². The minimum Gasteiger partial charge on any atom is -0.469 e. The Morgan fingerprint density at radius 1 is 1.27 bits per heavy atom. The van der Waals surface area contributed by atoms with Crippen molar-refractivity contribution in [3.8, 4) is 0 Å². The summed E-state index contributed by atoms with van der Waals surface area (Å²) in [6.45, 7) is 1.93. The minimum atomic E-state index is -1.22. The molecule has 0 aliphatic heterocycles. The van der Waals surface area contributed by atoms with Crippen molar-refractivity contribution >= 4 is 23.5 Å². The Balaban J connectivity index is 2.90. The molecule has 0 aromatic rings. The smallest absolute Gasteiger partial charge is 0.328 e. The highest BCUT2D eigenvalue weighted by molar-refractivity contribution is 6.39. The highest BCUT2D eigenvalue weighted by Crippen LogP contribution is 2.64. The molecule has 0 saturated heterocycles. The molecule has 0 N–H and O–H groups in total. The van der Waals surface area contributed by atoms with Gasteiger partial charge in [-0.25, -0.2) is 0 Å². The van der Waals surface area contributed by atoms with E-state index in [0.717, 1.165) is 6.42 Å². The van der Waals surface area contributed by atoms with Crippen LogP contribution in [-0.4, -0.2) is 31.0 Å². The largest absolute Gasteiger partial charge is 0.469 e. The van der Waals surface area contributed by atoms with Crippen LogP contribution in [-0.2, 0) is 19.1 Å². The van der Waals surface area contributed by atoms with Crippen molar-refractivity contribution in [2.24, 2.45) is 5.41 Å². The molecule has 4 nitrogen and oxygen atoms in total. The maximum Gasteiger partial charge on any atom is 0.328 e. The summed E-state index contributed by atoms with van der Waals surface area (Å²) in [4.78, 5) is 21.8. The number of esters is 2. The first kappa shape index (κ1) is 12.3. The van der Waals surface area contributed by atoms with Crippen LogP contribution >= 0.6 is 11.6 Å². The van der Waals surface area contributed by atoms with Crippen molar-refractivity contribution in [2.45, 2.75) is 31.1 Å². The Morgan fingerprint density at radius 3 is 2.20 bits per heavy atom. The van der Waals surface area contributed by atoms with Gasteiger partial charge in [0.1, 0.15) is 5.41 Å². The normalized spacial score (nSPS) is 33.3. The lowest BCUT2D eigenvalue weighted by atomic mass is 9.97. The summed E-state index contributed by atoms with van der Waals surface area (Å²) in [6.07, 6.45) is 1.60. The van der Waals surface area contributed by atoms with Gasteiger partial charge in [-0.2, -0.15) is 0 Å². The highest BCUT2D eigenvalue weighted by Gasteiger charge is 2.76. The monoisotopic (exact) mass is 234 g/mol. The van der Waals surface area contributed by atoms with Crippen LogP contribution in [0.15, 0.2) is 0 Å². The maximum absolute atomic E-state index is 11.6. The lowest BCUT2D eigenvalue weighted by molar-refractivity contribution is -0.152. The number of alkyl halides is 1. The standard InChI is InChI=1S/C10H15ClO4/c1-4-5-9(7(12)14-2)6-10(9,11)8(13)15-3/h4-6H2,1-3H3/t9-,10-/m1/s1. The molecule has 2 atom stereocenters. The quantitative estimate of drug-likeness (QED) is 0.547. The lowest BCUT2D eigenvalue weighted by Crippen LogP contribution is -2.32. The maximum atomic E-state index is 11.6. The lowest BCUT2D eigenvalue weighted by Gasteiger charge is -2.16. The third kappa shape index (κ3) is 1.61. The van der Waals surface area contributed by atoms with E-state index in [1.54, 1.807) is 0 Å². The summed E-state index contributed by atoms with van der Waals surface area (Å²) in [5.74, 6) is -0.979. The van der Waals surface area contributed by atoms with Gasteiger partial charge in [0.25, 0.3) is 0 Å². The van der Waals surface area contributed by atoms with Crippen LogP contribution in [0.4, 0.5) is 0 Å². The summed E-state index contributed by atoms with van der Waals surface area (Å²) in [5.41, 5.74) is -0.884. The van der Waals surface area contributed by atoms with Crippen LogP contribution in [0, 0.1) is 5.41 Å². The summed E-state index contributed by atoms with van der Waals surface area (Å²) < 4.78 is 9.28. The Morgan fingerprint density at radius 2 is 1.80 bits per heavy atom. The predicted octanol–water partition coefficient (Wildman–Crippen LogP) is 1.50. The molecule has 0 heterocycles. The number of hydrogen-bond donors (Lipinski definition) is 0. The van der Waals surface area contributed by atoms with Gasteiger partial charge in [0, 0.05) is 0 Å². The zero-order chi connectivity index (χ0) is 11.7. The Labute approximate surface area is 93.9 Å². The van der Waals surface area contributed by atoms with E-state index in [9.17, 15) is 9.59 Å². The average molecular weight is 235 g/mol. The van der Waals surface area contributed by atoms with E-state index in [0.29, 0.717) is 12.8 Å². The second-order valence-corrected chi connectivity index (χ2v) is 4.44. The summed E-state index contributed by atoms with van der Waals surface area (Å²) >= 11 is 6.09. The van der Waals surface area contributed by atoms with Crippen molar-refractivity contribution in [3.63, 3.8) is 0 Å². The van der Waals surface area contributed by atoms with Crippen molar-refractivity contribution in [1.82, 2.24) is 0 Å². The zero-order valence-corrected chi connectivity index (χ0v) is 9.89. The molecule has 1 rings (SSSR count). The molecule has 1 aliphatic rings. The number of rotatable bonds is 4. The molecule has 0 radical (unpaired) electrons. The summed E-state index contributed by atoms with van der Waals surface area (Å²) in [6, 6.07) is 0. The van der Waals surface area contributed by atoms with Crippen LogP contribution in [0.25, 0.3) is 0 Å². The molecule has 15 heavy (non-hydrogen) atoms. The van der Waals surface area contributed by atoms with Crippen LogP contribution in [0.2, 0.25) is 0 Å². The number of carbonyl (C=O) groups excluding carboxylic acids is 2. The van der Waals surface area contributed by atoms with Crippen molar-refractivity contribution in [3.05, 3.63) is 0 Å². The van der Waals surface area contributed by atoms with E-state index in [1.165, 1.54) is 14.2 Å². The molecule has 1 aliphatic carbocycles. The fourth-order valence-corrected chi connectivity index (χ4v) is 2.52. The highest BCUT2D eigenvalue weighted by atomic mass is 35.5. The molecule has 5 heteroatoms. The van der Waals surface area contributed by atoms with E-state index < -0.39 is 22.2 Å². The topological polar surface area (TPSA) is 52.6 Å². The Kier molecular flexibility index (Phi) is 3.28. The third-order valence-electron chi connectivity index (χ3n) is 2.94. The van der Waals surface area contributed by atoms with Gasteiger partial charge in [-0.3, -0.25) is 9.59 Å². The molecule has 0 aromatic carbocycles. The first-order chi connectivity index (χ1) is 6.98. The third-order valence-corrected chi connectivity index (χ3v) is 3.59. The molecule has 1 saturated carbocycles. The van der Waals surface area contributed by atoms with Gasteiger partial charge in [-0.15, -0.1) is 11.6 Å². The Bertz CT molecular complexity index is 291.